The number of ether oxygens (including phenoxy) is 1. The monoisotopic (exact) mass is 195 g/mol. The molecule has 6 heteroatoms. The van der Waals surface area contributed by atoms with Crippen molar-refractivity contribution in [2.75, 3.05) is 7.11 Å². The zero-order chi connectivity index (χ0) is 10.6. The van der Waals surface area contributed by atoms with E-state index in [0.29, 0.717) is 5.56 Å². The number of hydrogen-bond donors (Lipinski definition) is 2. The van der Waals surface area contributed by atoms with Gasteiger partial charge in [-0.1, -0.05) is 5.16 Å². The van der Waals surface area contributed by atoms with Crippen molar-refractivity contribution in [3.63, 3.8) is 0 Å². The van der Waals surface area contributed by atoms with Crippen LogP contribution in [-0.2, 0) is 4.74 Å². The highest BCUT2D eigenvalue weighted by molar-refractivity contribution is 5.97. The smallest absolute Gasteiger partial charge is 0.356 e. The maximum Gasteiger partial charge on any atom is 0.356 e. The third kappa shape index (κ3) is 1.98. The fourth-order valence-corrected chi connectivity index (χ4v) is 0.828. The molecule has 0 amide bonds. The molecule has 1 aromatic heterocycles. The second-order valence-corrected chi connectivity index (χ2v) is 2.41. The zero-order valence-corrected chi connectivity index (χ0v) is 7.47. The number of pyridine rings is 1. The van der Waals surface area contributed by atoms with E-state index in [0.717, 1.165) is 0 Å². The fourth-order valence-electron chi connectivity index (χ4n) is 0.828. The molecule has 1 heterocycles. The van der Waals surface area contributed by atoms with Gasteiger partial charge in [-0.15, -0.1) is 0 Å². The molecule has 0 saturated carbocycles. The predicted molar refractivity (Wildman–Crippen MR) is 48.1 cm³/mol. The van der Waals surface area contributed by atoms with E-state index in [-0.39, 0.29) is 11.5 Å². The number of hydrogen-bond acceptors (Lipinski definition) is 5. The summed E-state index contributed by atoms with van der Waals surface area (Å²) in [6.45, 7) is 0. The predicted octanol–water partition coefficient (Wildman–Crippen LogP) is -0.0373. The second kappa shape index (κ2) is 4.22. The van der Waals surface area contributed by atoms with Gasteiger partial charge in [0, 0.05) is 11.8 Å². The van der Waals surface area contributed by atoms with Crippen molar-refractivity contribution in [2.24, 2.45) is 10.9 Å². The molecule has 0 fully saturated rings. The molecule has 0 spiro atoms. The van der Waals surface area contributed by atoms with Gasteiger partial charge in [0.05, 0.1) is 7.11 Å². The summed E-state index contributed by atoms with van der Waals surface area (Å²) >= 11 is 0. The summed E-state index contributed by atoms with van der Waals surface area (Å²) in [5.41, 5.74) is 5.90. The van der Waals surface area contributed by atoms with Gasteiger partial charge in [-0.05, 0) is 12.1 Å². The molecule has 0 aliphatic heterocycles. The van der Waals surface area contributed by atoms with Crippen LogP contribution in [0.25, 0.3) is 0 Å². The minimum Gasteiger partial charge on any atom is -0.464 e. The third-order valence-electron chi connectivity index (χ3n) is 1.56. The summed E-state index contributed by atoms with van der Waals surface area (Å²) < 4.78 is 4.45. The van der Waals surface area contributed by atoms with Crippen molar-refractivity contribution in [3.05, 3.63) is 29.6 Å². The maximum absolute atomic E-state index is 11.0. The molecule has 0 unspecified atom stereocenters. The van der Waals surface area contributed by atoms with Crippen LogP contribution < -0.4 is 5.73 Å². The van der Waals surface area contributed by atoms with Crippen molar-refractivity contribution in [2.45, 2.75) is 0 Å². The van der Waals surface area contributed by atoms with E-state index in [1.165, 1.54) is 25.4 Å². The average molecular weight is 195 g/mol. The number of carbonyl (C=O) groups is 1. The largest absolute Gasteiger partial charge is 0.464 e. The first kappa shape index (κ1) is 9.97. The van der Waals surface area contributed by atoms with Crippen LogP contribution in [0.5, 0.6) is 0 Å². The maximum atomic E-state index is 11.0. The van der Waals surface area contributed by atoms with Crippen molar-refractivity contribution in [1.82, 2.24) is 4.98 Å². The lowest BCUT2D eigenvalue weighted by Crippen LogP contribution is -2.14. The van der Waals surface area contributed by atoms with Crippen LogP contribution in [0.2, 0.25) is 0 Å². The van der Waals surface area contributed by atoms with Crippen LogP contribution in [0.1, 0.15) is 16.1 Å². The van der Waals surface area contributed by atoms with Crippen LogP contribution in [-0.4, -0.2) is 29.1 Å². The SMILES string of the molecule is COC(=O)c1ccc(/C(N)=N\O)cn1. The van der Waals surface area contributed by atoms with Crippen molar-refractivity contribution in [3.8, 4) is 0 Å². The number of aromatic nitrogens is 1. The van der Waals surface area contributed by atoms with Crippen LogP contribution in [0.15, 0.2) is 23.5 Å². The Balaban J connectivity index is 2.95. The number of amidine groups is 1. The van der Waals surface area contributed by atoms with Crippen molar-refractivity contribution >= 4 is 11.8 Å². The van der Waals surface area contributed by atoms with Crippen molar-refractivity contribution < 1.29 is 14.7 Å². The molecule has 1 rings (SSSR count). The lowest BCUT2D eigenvalue weighted by molar-refractivity contribution is 0.0594. The highest BCUT2D eigenvalue weighted by atomic mass is 16.5. The second-order valence-electron chi connectivity index (χ2n) is 2.41. The van der Waals surface area contributed by atoms with Gasteiger partial charge in [0.25, 0.3) is 0 Å². The third-order valence-corrected chi connectivity index (χ3v) is 1.56. The average Bonchev–Trinajstić information content (AvgIpc) is 2.27. The zero-order valence-electron chi connectivity index (χ0n) is 7.47. The number of rotatable bonds is 2. The van der Waals surface area contributed by atoms with Gasteiger partial charge in [0.2, 0.25) is 0 Å². The Bertz CT molecular complexity index is 359. The van der Waals surface area contributed by atoms with Gasteiger partial charge in [0.1, 0.15) is 5.69 Å². The molecule has 0 aromatic carbocycles. The number of esters is 1. The number of oxime groups is 1. The summed E-state index contributed by atoms with van der Waals surface area (Å²) in [5.74, 6) is -0.593. The van der Waals surface area contributed by atoms with E-state index < -0.39 is 5.97 Å². The number of methoxy groups -OCH3 is 1. The molecule has 0 atom stereocenters. The summed E-state index contributed by atoms with van der Waals surface area (Å²) in [5, 5.41) is 11.1. The molecule has 0 aliphatic carbocycles. The molecule has 6 nitrogen and oxygen atoms in total. The Kier molecular flexibility index (Phi) is 3.01. The Labute approximate surface area is 80.0 Å². The molecule has 1 aromatic rings. The highest BCUT2D eigenvalue weighted by Gasteiger charge is 2.07. The Morgan fingerprint density at radius 3 is 2.79 bits per heavy atom. The lowest BCUT2D eigenvalue weighted by Gasteiger charge is -1.99. The topological polar surface area (TPSA) is 97.8 Å². The number of nitrogens with zero attached hydrogens (tertiary/aromatic N) is 2. The van der Waals surface area contributed by atoms with Gasteiger partial charge >= 0.3 is 5.97 Å². The highest BCUT2D eigenvalue weighted by Crippen LogP contribution is 2.01. The molecule has 0 radical (unpaired) electrons. The fraction of sp³-hybridized carbons (Fsp3) is 0.125. The van der Waals surface area contributed by atoms with Gasteiger partial charge in [-0.25, -0.2) is 9.78 Å². The number of carbonyl (C=O) groups excluding carboxylic acids is 1. The van der Waals surface area contributed by atoms with E-state index in [2.05, 4.69) is 14.9 Å². The van der Waals surface area contributed by atoms with Gasteiger partial charge < -0.3 is 15.7 Å². The standard InChI is InChI=1S/C8H9N3O3/c1-14-8(12)6-3-2-5(4-10-6)7(9)11-13/h2-4,13H,1H3,(H2,9,11). The molecule has 14 heavy (non-hydrogen) atoms. The van der Waals surface area contributed by atoms with Crippen LogP contribution in [0.4, 0.5) is 0 Å². The molecule has 3 N–H and O–H groups in total. The van der Waals surface area contributed by atoms with Gasteiger partial charge in [-0.3, -0.25) is 0 Å². The van der Waals surface area contributed by atoms with E-state index in [1.807, 2.05) is 0 Å². The van der Waals surface area contributed by atoms with E-state index in [9.17, 15) is 4.79 Å². The van der Waals surface area contributed by atoms with Crippen molar-refractivity contribution in [1.29, 1.82) is 0 Å². The summed E-state index contributed by atoms with van der Waals surface area (Å²) in [4.78, 5) is 14.7. The van der Waals surface area contributed by atoms with E-state index in [1.54, 1.807) is 0 Å². The summed E-state index contributed by atoms with van der Waals surface area (Å²) in [7, 11) is 1.27. The van der Waals surface area contributed by atoms with Crippen LogP contribution in [0, 0.1) is 0 Å². The molecular weight excluding hydrogens is 186 g/mol. The minimum atomic E-state index is -0.531. The van der Waals surface area contributed by atoms with E-state index >= 15 is 0 Å². The van der Waals surface area contributed by atoms with Gasteiger partial charge in [0.15, 0.2) is 5.84 Å². The molecule has 74 valence electrons. The minimum absolute atomic E-state index is 0.0612. The molecule has 0 saturated heterocycles. The first-order chi connectivity index (χ1) is 6.69. The Morgan fingerprint density at radius 1 is 1.64 bits per heavy atom. The van der Waals surface area contributed by atoms with Crippen LogP contribution >= 0.6 is 0 Å². The quantitative estimate of drug-likeness (QED) is 0.227. The Hall–Kier alpha value is -2.11. The van der Waals surface area contributed by atoms with Crippen LogP contribution in [0.3, 0.4) is 0 Å². The normalized spacial score (nSPS) is 11.1. The van der Waals surface area contributed by atoms with Gasteiger partial charge in [-0.2, -0.15) is 0 Å². The lowest BCUT2D eigenvalue weighted by atomic mass is 10.2. The molecule has 0 bridgehead atoms. The summed E-state index contributed by atoms with van der Waals surface area (Å²) in [6, 6.07) is 2.94. The first-order valence-electron chi connectivity index (χ1n) is 3.71. The van der Waals surface area contributed by atoms with E-state index in [4.69, 9.17) is 10.9 Å². The molecular formula is C8H9N3O3. The first-order valence-corrected chi connectivity index (χ1v) is 3.71. The Morgan fingerprint density at radius 2 is 2.36 bits per heavy atom. The summed E-state index contributed by atoms with van der Waals surface area (Å²) in [6.07, 6.45) is 1.32. The molecule has 0 aliphatic rings. The number of nitrogens with two attached hydrogens (primary N) is 1.